The third-order valence-corrected chi connectivity index (χ3v) is 5.12. The summed E-state index contributed by atoms with van der Waals surface area (Å²) in [5.41, 5.74) is 5.41. The van der Waals surface area contributed by atoms with E-state index in [1.165, 1.54) is 18.5 Å². The molecule has 0 spiro atoms. The van der Waals surface area contributed by atoms with Crippen molar-refractivity contribution in [3.8, 4) is 0 Å². The lowest BCUT2D eigenvalue weighted by atomic mass is 10.5. The zero-order chi connectivity index (χ0) is 12.5. The van der Waals surface area contributed by atoms with Gasteiger partial charge in [0.25, 0.3) is 10.0 Å². The van der Waals surface area contributed by atoms with Gasteiger partial charge in [-0.2, -0.15) is 0 Å². The van der Waals surface area contributed by atoms with E-state index in [4.69, 9.17) is 18.0 Å². The summed E-state index contributed by atoms with van der Waals surface area (Å²) in [4.78, 5) is 7.15. The van der Waals surface area contributed by atoms with Gasteiger partial charge in [-0.05, 0) is 12.1 Å². The maximum absolute atomic E-state index is 11.9. The Hall–Kier alpha value is -1.45. The second kappa shape index (κ2) is 4.43. The van der Waals surface area contributed by atoms with Crippen molar-refractivity contribution >= 4 is 44.5 Å². The predicted molar refractivity (Wildman–Crippen MR) is 69.6 cm³/mol. The minimum Gasteiger partial charge on any atom is -0.389 e. The minimum absolute atomic E-state index is 0.136. The number of nitrogens with zero attached hydrogens (tertiary/aromatic N) is 1. The van der Waals surface area contributed by atoms with E-state index in [1.54, 1.807) is 6.07 Å². The van der Waals surface area contributed by atoms with Gasteiger partial charge in [0, 0.05) is 12.4 Å². The number of thiophene rings is 1. The fraction of sp³-hybridized carbons (Fsp3) is 0. The van der Waals surface area contributed by atoms with E-state index >= 15 is 0 Å². The third-order valence-electron chi connectivity index (χ3n) is 1.82. The number of H-pyrrole nitrogens is 1. The van der Waals surface area contributed by atoms with Crippen molar-refractivity contribution in [3.05, 3.63) is 29.4 Å². The number of hydrogen-bond acceptors (Lipinski definition) is 5. The molecular formula is C8H8N4O2S3. The standard InChI is InChI=1S/C8H8N4O2S3/c9-7(15)5-1-2-6(16-5)17(13,14)12-8-10-3-4-11-8/h1-4H,(H2,9,15)(H2,10,11,12). The molecule has 0 saturated heterocycles. The molecule has 2 aromatic heterocycles. The van der Waals surface area contributed by atoms with Crippen molar-refractivity contribution in [2.45, 2.75) is 4.21 Å². The van der Waals surface area contributed by atoms with Crippen LogP contribution in [-0.2, 0) is 10.0 Å². The smallest absolute Gasteiger partial charge is 0.273 e. The number of thiocarbonyl (C=S) groups is 1. The number of nitrogens with one attached hydrogen (secondary N) is 2. The molecule has 0 aromatic carbocycles. The van der Waals surface area contributed by atoms with Crippen molar-refractivity contribution in [1.82, 2.24) is 9.97 Å². The molecule has 0 bridgehead atoms. The molecule has 0 aliphatic heterocycles. The second-order valence-corrected chi connectivity index (χ2v) is 6.46. The van der Waals surface area contributed by atoms with Gasteiger partial charge in [0.15, 0.2) is 0 Å². The monoisotopic (exact) mass is 288 g/mol. The van der Waals surface area contributed by atoms with Crippen molar-refractivity contribution in [2.24, 2.45) is 5.73 Å². The molecule has 6 nitrogen and oxygen atoms in total. The Morgan fingerprint density at radius 2 is 2.29 bits per heavy atom. The largest absolute Gasteiger partial charge is 0.389 e. The molecule has 4 N–H and O–H groups in total. The van der Waals surface area contributed by atoms with Gasteiger partial charge in [0.05, 0.1) is 4.88 Å². The van der Waals surface area contributed by atoms with Crippen molar-refractivity contribution < 1.29 is 8.42 Å². The lowest BCUT2D eigenvalue weighted by molar-refractivity contribution is 0.603. The topological polar surface area (TPSA) is 101 Å². The molecule has 0 aliphatic carbocycles. The number of hydrogen-bond donors (Lipinski definition) is 3. The molecule has 17 heavy (non-hydrogen) atoms. The van der Waals surface area contributed by atoms with Crippen LogP contribution < -0.4 is 10.5 Å². The third kappa shape index (κ3) is 2.62. The molecule has 9 heteroatoms. The van der Waals surface area contributed by atoms with Crippen LogP contribution in [0.4, 0.5) is 5.95 Å². The van der Waals surface area contributed by atoms with Gasteiger partial charge in [0.2, 0.25) is 5.95 Å². The van der Waals surface area contributed by atoms with Gasteiger partial charge in [-0.3, -0.25) is 0 Å². The number of aromatic nitrogens is 2. The average molecular weight is 288 g/mol. The molecule has 90 valence electrons. The molecular weight excluding hydrogens is 280 g/mol. The van der Waals surface area contributed by atoms with E-state index < -0.39 is 10.0 Å². The zero-order valence-corrected chi connectivity index (χ0v) is 10.8. The van der Waals surface area contributed by atoms with Crippen molar-refractivity contribution in [1.29, 1.82) is 0 Å². The Kier molecular flexibility index (Phi) is 3.13. The summed E-state index contributed by atoms with van der Waals surface area (Å²) in [5, 5.41) is 0. The summed E-state index contributed by atoms with van der Waals surface area (Å²) in [6, 6.07) is 3.02. The molecule has 0 aliphatic rings. The maximum atomic E-state index is 11.9. The van der Waals surface area contributed by atoms with Crippen LogP contribution in [0.2, 0.25) is 0 Å². The van der Waals surface area contributed by atoms with Crippen LogP contribution >= 0.6 is 23.6 Å². The van der Waals surface area contributed by atoms with E-state index in [1.807, 2.05) is 0 Å². The van der Waals surface area contributed by atoms with Crippen LogP contribution in [0, 0.1) is 0 Å². The Bertz CT molecular complexity index is 630. The van der Waals surface area contributed by atoms with Gasteiger partial charge in [-0.1, -0.05) is 12.2 Å². The molecule has 0 radical (unpaired) electrons. The Balaban J connectivity index is 2.28. The lowest BCUT2D eigenvalue weighted by Gasteiger charge is -2.01. The Morgan fingerprint density at radius 1 is 1.53 bits per heavy atom. The number of imidazole rings is 1. The number of anilines is 1. The van der Waals surface area contributed by atoms with E-state index in [-0.39, 0.29) is 15.1 Å². The number of aromatic amines is 1. The quantitative estimate of drug-likeness (QED) is 0.726. The first-order valence-electron chi connectivity index (χ1n) is 4.41. The molecule has 2 heterocycles. The van der Waals surface area contributed by atoms with E-state index in [0.717, 1.165) is 11.3 Å². The number of nitrogens with two attached hydrogens (primary N) is 1. The van der Waals surface area contributed by atoms with Gasteiger partial charge in [-0.25, -0.2) is 18.1 Å². The predicted octanol–water partition coefficient (Wildman–Crippen LogP) is 0.906. The second-order valence-electron chi connectivity index (χ2n) is 3.03. The molecule has 0 atom stereocenters. The minimum atomic E-state index is -3.64. The van der Waals surface area contributed by atoms with Crippen LogP contribution in [0.15, 0.2) is 28.7 Å². The van der Waals surface area contributed by atoms with Crippen LogP contribution in [0.1, 0.15) is 4.88 Å². The first-order valence-corrected chi connectivity index (χ1v) is 7.12. The van der Waals surface area contributed by atoms with Crippen LogP contribution in [-0.4, -0.2) is 23.4 Å². The summed E-state index contributed by atoms with van der Waals surface area (Å²) in [7, 11) is -3.64. The highest BCUT2D eigenvalue weighted by molar-refractivity contribution is 7.94. The summed E-state index contributed by atoms with van der Waals surface area (Å²) >= 11 is 5.78. The highest BCUT2D eigenvalue weighted by Crippen LogP contribution is 2.22. The van der Waals surface area contributed by atoms with Gasteiger partial charge in [0.1, 0.15) is 9.20 Å². The first kappa shape index (κ1) is 12.0. The van der Waals surface area contributed by atoms with Gasteiger partial charge in [-0.15, -0.1) is 11.3 Å². The fourth-order valence-electron chi connectivity index (χ4n) is 1.10. The van der Waals surface area contributed by atoms with E-state index in [2.05, 4.69) is 14.7 Å². The van der Waals surface area contributed by atoms with Crippen molar-refractivity contribution in [3.63, 3.8) is 0 Å². The van der Waals surface area contributed by atoms with Gasteiger partial charge < -0.3 is 10.7 Å². The number of sulfonamides is 1. The SMILES string of the molecule is NC(=S)c1ccc(S(=O)(=O)Nc2ncc[nH]2)s1. The van der Waals surface area contributed by atoms with E-state index in [0.29, 0.717) is 4.88 Å². The summed E-state index contributed by atoms with van der Waals surface area (Å²) in [6.45, 7) is 0. The number of rotatable bonds is 4. The molecule has 0 amide bonds. The van der Waals surface area contributed by atoms with Crippen LogP contribution in [0.5, 0.6) is 0 Å². The first-order chi connectivity index (χ1) is 7.99. The highest BCUT2D eigenvalue weighted by atomic mass is 32.2. The van der Waals surface area contributed by atoms with Crippen molar-refractivity contribution in [2.75, 3.05) is 4.72 Å². The normalized spacial score (nSPS) is 11.3. The molecule has 0 fully saturated rings. The molecule has 2 aromatic rings. The average Bonchev–Trinajstić information content (AvgIpc) is 2.84. The van der Waals surface area contributed by atoms with Crippen LogP contribution in [0.3, 0.4) is 0 Å². The zero-order valence-electron chi connectivity index (χ0n) is 8.38. The summed E-state index contributed by atoms with van der Waals surface area (Å²) in [6.07, 6.45) is 2.97. The van der Waals surface area contributed by atoms with Crippen LogP contribution in [0.25, 0.3) is 0 Å². The lowest BCUT2D eigenvalue weighted by Crippen LogP contribution is -2.12. The Labute approximate surface area is 107 Å². The Morgan fingerprint density at radius 3 is 2.82 bits per heavy atom. The summed E-state index contributed by atoms with van der Waals surface area (Å²) in [5.74, 6) is 0.162. The van der Waals surface area contributed by atoms with E-state index in [9.17, 15) is 8.42 Å². The highest BCUT2D eigenvalue weighted by Gasteiger charge is 2.18. The van der Waals surface area contributed by atoms with Gasteiger partial charge >= 0.3 is 0 Å². The molecule has 0 unspecified atom stereocenters. The fourth-order valence-corrected chi connectivity index (χ4v) is 3.43. The molecule has 2 rings (SSSR count). The summed E-state index contributed by atoms with van der Waals surface area (Å²) < 4.78 is 26.2. The molecule has 0 saturated carbocycles. The maximum Gasteiger partial charge on any atom is 0.273 e.